The van der Waals surface area contributed by atoms with Gasteiger partial charge in [-0.05, 0) is 48.2 Å². The van der Waals surface area contributed by atoms with Crippen LogP contribution in [0.25, 0.3) is 10.9 Å². The minimum atomic E-state index is -0.781. The number of hydrogen-bond acceptors (Lipinski definition) is 6. The molecule has 0 saturated heterocycles. The van der Waals surface area contributed by atoms with Gasteiger partial charge in [0, 0.05) is 35.7 Å². The number of benzene rings is 2. The van der Waals surface area contributed by atoms with Gasteiger partial charge in [0.1, 0.15) is 17.6 Å². The fraction of sp³-hybridized carbons (Fsp3) is 0.222. The van der Waals surface area contributed by atoms with Gasteiger partial charge < -0.3 is 19.8 Å². The molecule has 0 spiro atoms. The van der Waals surface area contributed by atoms with E-state index in [-0.39, 0.29) is 17.6 Å². The van der Waals surface area contributed by atoms with Crippen LogP contribution in [-0.4, -0.2) is 35.4 Å². The third-order valence-electron chi connectivity index (χ3n) is 5.65. The van der Waals surface area contributed by atoms with Crippen LogP contribution in [0.5, 0.6) is 5.75 Å². The predicted octanol–water partition coefficient (Wildman–Crippen LogP) is 5.24. The normalized spacial score (nSPS) is 11.7. The lowest BCUT2D eigenvalue weighted by Crippen LogP contribution is -2.21. The Balaban J connectivity index is 1.65. The number of rotatable bonds is 10. The molecule has 1 unspecified atom stereocenters. The molecule has 35 heavy (non-hydrogen) atoms. The molecule has 1 atom stereocenters. The third-order valence-corrected chi connectivity index (χ3v) is 5.65. The monoisotopic (exact) mass is 475 g/mol. The molecule has 4 aromatic rings. The first kappa shape index (κ1) is 23.9. The number of pyridine rings is 1. The molecule has 2 aromatic carbocycles. The number of methoxy groups -OCH3 is 1. The highest BCUT2D eigenvalue weighted by Gasteiger charge is 2.25. The van der Waals surface area contributed by atoms with Gasteiger partial charge in [-0.1, -0.05) is 18.2 Å². The summed E-state index contributed by atoms with van der Waals surface area (Å²) in [6.45, 7) is 1.73. The Kier molecular flexibility index (Phi) is 7.40. The first-order valence-corrected chi connectivity index (χ1v) is 11.2. The zero-order valence-electron chi connectivity index (χ0n) is 19.5. The molecule has 0 radical (unpaired) electrons. The lowest BCUT2D eigenvalue weighted by atomic mass is 9.95. The number of carbonyl (C=O) groups is 2. The van der Waals surface area contributed by atoms with E-state index in [9.17, 15) is 14.0 Å². The van der Waals surface area contributed by atoms with Crippen LogP contribution in [0, 0.1) is 5.82 Å². The lowest BCUT2D eigenvalue weighted by Gasteiger charge is -2.19. The number of aromatic nitrogens is 2. The Bertz CT molecular complexity index is 1330. The van der Waals surface area contributed by atoms with Crippen LogP contribution in [0.2, 0.25) is 0 Å². The lowest BCUT2D eigenvalue weighted by molar-refractivity contribution is -0.141. The van der Waals surface area contributed by atoms with E-state index < -0.39 is 6.04 Å². The summed E-state index contributed by atoms with van der Waals surface area (Å²) in [6.07, 6.45) is 6.25. The topological polar surface area (TPSA) is 93.3 Å². The van der Waals surface area contributed by atoms with Crippen molar-refractivity contribution in [2.45, 2.75) is 25.8 Å². The summed E-state index contributed by atoms with van der Waals surface area (Å²) in [7, 11) is 1.54. The van der Waals surface area contributed by atoms with Gasteiger partial charge in [-0.2, -0.15) is 0 Å². The zero-order valence-corrected chi connectivity index (χ0v) is 19.5. The van der Waals surface area contributed by atoms with Gasteiger partial charge in [-0.3, -0.25) is 14.6 Å². The average Bonchev–Trinajstić information content (AvgIpc) is 3.29. The minimum absolute atomic E-state index is 0.178. The first-order valence-electron chi connectivity index (χ1n) is 11.2. The van der Waals surface area contributed by atoms with Crippen molar-refractivity contribution in [3.63, 3.8) is 0 Å². The highest BCUT2D eigenvalue weighted by molar-refractivity contribution is 6.11. The molecule has 8 heteroatoms. The van der Waals surface area contributed by atoms with Gasteiger partial charge in [0.05, 0.1) is 31.8 Å². The Morgan fingerprint density at radius 2 is 1.91 bits per heavy atom. The molecule has 0 bridgehead atoms. The van der Waals surface area contributed by atoms with Crippen molar-refractivity contribution in [1.29, 1.82) is 0 Å². The molecule has 0 aliphatic rings. The van der Waals surface area contributed by atoms with Crippen LogP contribution in [-0.2, 0) is 16.0 Å². The van der Waals surface area contributed by atoms with Gasteiger partial charge in [0.2, 0.25) is 0 Å². The predicted molar refractivity (Wildman–Crippen MR) is 131 cm³/mol. The number of ether oxygens (including phenoxy) is 2. The number of aryl methyl sites for hydroxylation is 1. The SMILES string of the molecule is COc1cncc(NC(C(=O)c2c[nH]c3ccc(CCCOC(C)=O)cc23)c2ccc(F)cc2)c1. The molecule has 2 heterocycles. The number of Topliss-reactive ketones (excluding diaryl/α,β-unsaturated/α-hetero) is 1. The first-order chi connectivity index (χ1) is 16.9. The van der Waals surface area contributed by atoms with E-state index in [0.29, 0.717) is 42.0 Å². The van der Waals surface area contributed by atoms with Crippen molar-refractivity contribution >= 4 is 28.3 Å². The number of carbonyl (C=O) groups excluding carboxylic acids is 2. The van der Waals surface area contributed by atoms with E-state index in [1.165, 1.54) is 19.1 Å². The number of hydrogen-bond donors (Lipinski definition) is 2. The highest BCUT2D eigenvalue weighted by Crippen LogP contribution is 2.29. The smallest absolute Gasteiger partial charge is 0.302 e. The number of aromatic amines is 1. The molecular formula is C27H26FN3O4. The summed E-state index contributed by atoms with van der Waals surface area (Å²) in [6, 6.07) is 12.7. The fourth-order valence-electron chi connectivity index (χ4n) is 3.91. The van der Waals surface area contributed by atoms with Crippen LogP contribution in [0.15, 0.2) is 67.1 Å². The maximum absolute atomic E-state index is 13.8. The van der Waals surface area contributed by atoms with Gasteiger partial charge in [-0.25, -0.2) is 4.39 Å². The van der Waals surface area contributed by atoms with Crippen molar-refractivity contribution in [1.82, 2.24) is 9.97 Å². The van der Waals surface area contributed by atoms with Crippen molar-refractivity contribution in [3.05, 3.63) is 89.6 Å². The average molecular weight is 476 g/mol. The van der Waals surface area contributed by atoms with E-state index >= 15 is 0 Å². The van der Waals surface area contributed by atoms with Crippen molar-refractivity contribution in [2.75, 3.05) is 19.0 Å². The van der Waals surface area contributed by atoms with E-state index in [4.69, 9.17) is 9.47 Å². The van der Waals surface area contributed by atoms with Gasteiger partial charge in [0.25, 0.3) is 0 Å². The Labute approximate surface area is 202 Å². The number of fused-ring (bicyclic) bond motifs is 1. The number of ketones is 1. The van der Waals surface area contributed by atoms with Gasteiger partial charge in [-0.15, -0.1) is 0 Å². The Hall–Kier alpha value is -4.20. The fourth-order valence-corrected chi connectivity index (χ4v) is 3.91. The van der Waals surface area contributed by atoms with Crippen molar-refractivity contribution in [2.24, 2.45) is 0 Å². The molecule has 2 aromatic heterocycles. The van der Waals surface area contributed by atoms with E-state index in [2.05, 4.69) is 15.3 Å². The summed E-state index contributed by atoms with van der Waals surface area (Å²) in [5.41, 5.74) is 3.59. The van der Waals surface area contributed by atoms with Crippen molar-refractivity contribution < 1.29 is 23.5 Å². The third kappa shape index (κ3) is 5.84. The van der Waals surface area contributed by atoms with Crippen LogP contribution in [0.1, 0.15) is 40.9 Å². The summed E-state index contributed by atoms with van der Waals surface area (Å²) in [5, 5.41) is 4.02. The molecule has 2 N–H and O–H groups in total. The van der Waals surface area contributed by atoms with Crippen LogP contribution in [0.3, 0.4) is 0 Å². The highest BCUT2D eigenvalue weighted by atomic mass is 19.1. The van der Waals surface area contributed by atoms with Crippen LogP contribution >= 0.6 is 0 Å². The number of nitrogens with one attached hydrogen (secondary N) is 2. The second kappa shape index (κ2) is 10.8. The quantitative estimate of drug-likeness (QED) is 0.185. The summed E-state index contributed by atoms with van der Waals surface area (Å²) in [4.78, 5) is 32.1. The molecular weight excluding hydrogens is 449 g/mol. The largest absolute Gasteiger partial charge is 0.495 e. The van der Waals surface area contributed by atoms with E-state index in [1.807, 2.05) is 18.2 Å². The van der Waals surface area contributed by atoms with E-state index in [1.54, 1.807) is 43.9 Å². The molecule has 180 valence electrons. The van der Waals surface area contributed by atoms with E-state index in [0.717, 1.165) is 16.5 Å². The maximum atomic E-state index is 13.8. The molecule has 0 aliphatic heterocycles. The number of H-pyrrole nitrogens is 1. The molecule has 0 aliphatic carbocycles. The van der Waals surface area contributed by atoms with Crippen LogP contribution in [0.4, 0.5) is 10.1 Å². The molecule has 7 nitrogen and oxygen atoms in total. The minimum Gasteiger partial charge on any atom is -0.495 e. The Morgan fingerprint density at radius 3 is 2.66 bits per heavy atom. The summed E-state index contributed by atoms with van der Waals surface area (Å²) >= 11 is 0. The number of anilines is 1. The van der Waals surface area contributed by atoms with Gasteiger partial charge in [0.15, 0.2) is 5.78 Å². The summed E-state index contributed by atoms with van der Waals surface area (Å²) in [5.74, 6) is -0.313. The van der Waals surface area contributed by atoms with Gasteiger partial charge >= 0.3 is 5.97 Å². The second-order valence-electron chi connectivity index (χ2n) is 8.13. The molecule has 0 fully saturated rings. The Morgan fingerprint density at radius 1 is 1.11 bits per heavy atom. The molecule has 0 amide bonds. The van der Waals surface area contributed by atoms with Crippen LogP contribution < -0.4 is 10.1 Å². The summed E-state index contributed by atoms with van der Waals surface area (Å²) < 4.78 is 23.9. The maximum Gasteiger partial charge on any atom is 0.302 e. The number of esters is 1. The molecule has 4 rings (SSSR count). The zero-order chi connectivity index (χ0) is 24.8. The standard InChI is InChI=1S/C27H26FN3O4/c1-17(32)35-11-3-4-18-5-10-25-23(12-18)24(16-30-25)27(33)26(19-6-8-20(28)9-7-19)31-21-13-22(34-2)15-29-14-21/h5-10,12-16,26,30-31H,3-4,11H2,1-2H3. The molecule has 0 saturated carbocycles. The number of halogens is 1. The van der Waals surface area contributed by atoms with Crippen molar-refractivity contribution in [3.8, 4) is 5.75 Å². The second-order valence-corrected chi connectivity index (χ2v) is 8.13. The number of nitrogens with zero attached hydrogens (tertiary/aromatic N) is 1.